The molecule has 2 rings (SSSR count). The number of halogens is 1. The highest BCUT2D eigenvalue weighted by atomic mass is 19.1. The van der Waals surface area contributed by atoms with Crippen molar-refractivity contribution in [3.8, 4) is 0 Å². The normalized spacial score (nSPS) is 10.3. The highest BCUT2D eigenvalue weighted by molar-refractivity contribution is 6.04. The quantitative estimate of drug-likeness (QED) is 0.925. The largest absolute Gasteiger partial charge is 0.380 e. The topological polar surface area (TPSA) is 38.3 Å². The third-order valence-electron chi connectivity index (χ3n) is 3.00. The molecule has 104 valence electrons. The van der Waals surface area contributed by atoms with Crippen LogP contribution < -0.4 is 5.32 Å². The number of hydrogen-bond acceptors (Lipinski definition) is 2. The second kappa shape index (κ2) is 6.30. The Morgan fingerprint density at radius 1 is 1.20 bits per heavy atom. The molecule has 0 aliphatic carbocycles. The molecule has 2 aromatic carbocycles. The Kier molecular flexibility index (Phi) is 4.48. The average molecular weight is 273 g/mol. The lowest BCUT2D eigenvalue weighted by Gasteiger charge is -2.11. The summed E-state index contributed by atoms with van der Waals surface area (Å²) in [6.07, 6.45) is 0. The molecular weight excluding hydrogens is 257 g/mol. The SMILES string of the molecule is COCc1ccccc1NC(=O)c1cccc(C)c1F. The minimum atomic E-state index is -0.491. The zero-order chi connectivity index (χ0) is 14.5. The Morgan fingerprint density at radius 2 is 1.95 bits per heavy atom. The summed E-state index contributed by atoms with van der Waals surface area (Å²) in [5, 5.41) is 2.72. The van der Waals surface area contributed by atoms with Crippen molar-refractivity contribution >= 4 is 11.6 Å². The third-order valence-corrected chi connectivity index (χ3v) is 3.00. The van der Waals surface area contributed by atoms with Gasteiger partial charge in [0, 0.05) is 18.4 Å². The number of methoxy groups -OCH3 is 1. The predicted octanol–water partition coefficient (Wildman–Crippen LogP) is 3.53. The van der Waals surface area contributed by atoms with E-state index in [1.165, 1.54) is 6.07 Å². The van der Waals surface area contributed by atoms with E-state index in [1.54, 1.807) is 38.3 Å². The molecule has 2 aromatic rings. The monoisotopic (exact) mass is 273 g/mol. The maximum Gasteiger partial charge on any atom is 0.258 e. The fraction of sp³-hybridized carbons (Fsp3) is 0.188. The third kappa shape index (κ3) is 3.03. The van der Waals surface area contributed by atoms with Crippen LogP contribution in [0.25, 0.3) is 0 Å². The van der Waals surface area contributed by atoms with Gasteiger partial charge < -0.3 is 10.1 Å². The van der Waals surface area contributed by atoms with Crippen molar-refractivity contribution in [2.24, 2.45) is 0 Å². The standard InChI is InChI=1S/C16H16FNO2/c1-11-6-5-8-13(15(11)17)16(19)18-14-9-4-3-7-12(14)10-20-2/h3-9H,10H2,1-2H3,(H,18,19). The minimum absolute atomic E-state index is 0.0391. The smallest absolute Gasteiger partial charge is 0.258 e. The van der Waals surface area contributed by atoms with Gasteiger partial charge in [-0.15, -0.1) is 0 Å². The van der Waals surface area contributed by atoms with Crippen molar-refractivity contribution in [3.63, 3.8) is 0 Å². The number of amides is 1. The van der Waals surface area contributed by atoms with Crippen molar-refractivity contribution in [1.82, 2.24) is 0 Å². The molecule has 0 spiro atoms. The average Bonchev–Trinajstić information content (AvgIpc) is 2.44. The lowest BCUT2D eigenvalue weighted by molar-refractivity contribution is 0.102. The van der Waals surface area contributed by atoms with Crippen LogP contribution in [0.2, 0.25) is 0 Å². The van der Waals surface area contributed by atoms with Gasteiger partial charge in [-0.25, -0.2) is 4.39 Å². The molecule has 0 saturated heterocycles. The van der Waals surface area contributed by atoms with Crippen molar-refractivity contribution in [1.29, 1.82) is 0 Å². The highest BCUT2D eigenvalue weighted by Crippen LogP contribution is 2.18. The maximum absolute atomic E-state index is 13.9. The van der Waals surface area contributed by atoms with Gasteiger partial charge in [0.25, 0.3) is 5.91 Å². The van der Waals surface area contributed by atoms with E-state index in [1.807, 2.05) is 12.1 Å². The van der Waals surface area contributed by atoms with Gasteiger partial charge in [-0.1, -0.05) is 30.3 Å². The predicted molar refractivity (Wildman–Crippen MR) is 76.2 cm³/mol. The van der Waals surface area contributed by atoms with Gasteiger partial charge >= 0.3 is 0 Å². The Labute approximate surface area is 117 Å². The number of benzene rings is 2. The van der Waals surface area contributed by atoms with E-state index < -0.39 is 11.7 Å². The molecule has 0 radical (unpaired) electrons. The van der Waals surface area contributed by atoms with Crippen molar-refractivity contribution in [2.75, 3.05) is 12.4 Å². The summed E-state index contributed by atoms with van der Waals surface area (Å²) < 4.78 is 19.0. The van der Waals surface area contributed by atoms with Crippen LogP contribution in [0, 0.1) is 12.7 Å². The van der Waals surface area contributed by atoms with Gasteiger partial charge in [0.05, 0.1) is 12.2 Å². The summed E-state index contributed by atoms with van der Waals surface area (Å²) in [6, 6.07) is 12.0. The van der Waals surface area contributed by atoms with E-state index in [0.717, 1.165) is 5.56 Å². The number of rotatable bonds is 4. The first-order valence-corrected chi connectivity index (χ1v) is 6.26. The van der Waals surface area contributed by atoms with E-state index in [0.29, 0.717) is 17.9 Å². The fourth-order valence-corrected chi connectivity index (χ4v) is 1.94. The minimum Gasteiger partial charge on any atom is -0.380 e. The Hall–Kier alpha value is -2.20. The van der Waals surface area contributed by atoms with E-state index in [9.17, 15) is 9.18 Å². The zero-order valence-corrected chi connectivity index (χ0v) is 11.4. The van der Waals surface area contributed by atoms with Crippen LogP contribution in [-0.4, -0.2) is 13.0 Å². The van der Waals surface area contributed by atoms with E-state index in [2.05, 4.69) is 5.32 Å². The Bertz CT molecular complexity index is 626. The van der Waals surface area contributed by atoms with Gasteiger partial charge in [-0.2, -0.15) is 0 Å². The second-order valence-electron chi connectivity index (χ2n) is 4.48. The van der Waals surface area contributed by atoms with Gasteiger partial charge in [0.2, 0.25) is 0 Å². The molecular formula is C16H16FNO2. The van der Waals surface area contributed by atoms with Gasteiger partial charge in [0.15, 0.2) is 0 Å². The number of nitrogens with one attached hydrogen (secondary N) is 1. The van der Waals surface area contributed by atoms with Crippen LogP contribution >= 0.6 is 0 Å². The van der Waals surface area contributed by atoms with Crippen LogP contribution in [0.15, 0.2) is 42.5 Å². The number of carbonyl (C=O) groups is 1. The number of carbonyl (C=O) groups excluding carboxylic acids is 1. The summed E-state index contributed by atoms with van der Waals surface area (Å²) >= 11 is 0. The number of para-hydroxylation sites is 1. The number of ether oxygens (including phenoxy) is 1. The lowest BCUT2D eigenvalue weighted by atomic mass is 10.1. The Balaban J connectivity index is 2.26. The number of aryl methyl sites for hydroxylation is 1. The molecule has 0 fully saturated rings. The van der Waals surface area contributed by atoms with Crippen LogP contribution in [0.4, 0.5) is 10.1 Å². The summed E-state index contributed by atoms with van der Waals surface area (Å²) in [5.74, 6) is -0.955. The molecule has 3 nitrogen and oxygen atoms in total. The first kappa shape index (κ1) is 14.2. The molecule has 0 saturated carbocycles. The number of hydrogen-bond donors (Lipinski definition) is 1. The molecule has 4 heteroatoms. The molecule has 1 N–H and O–H groups in total. The van der Waals surface area contributed by atoms with E-state index in [4.69, 9.17) is 4.74 Å². The van der Waals surface area contributed by atoms with Gasteiger partial charge in [-0.05, 0) is 24.6 Å². The van der Waals surface area contributed by atoms with E-state index >= 15 is 0 Å². The van der Waals surface area contributed by atoms with Crippen molar-refractivity contribution < 1.29 is 13.9 Å². The highest BCUT2D eigenvalue weighted by Gasteiger charge is 2.14. The number of anilines is 1. The first-order valence-electron chi connectivity index (χ1n) is 6.26. The molecule has 0 aliphatic rings. The molecule has 0 unspecified atom stereocenters. The fourth-order valence-electron chi connectivity index (χ4n) is 1.94. The summed E-state index contributed by atoms with van der Waals surface area (Å²) in [7, 11) is 1.58. The summed E-state index contributed by atoms with van der Waals surface area (Å²) in [4.78, 5) is 12.2. The maximum atomic E-state index is 13.9. The lowest BCUT2D eigenvalue weighted by Crippen LogP contribution is -2.15. The molecule has 1 amide bonds. The van der Waals surface area contributed by atoms with E-state index in [-0.39, 0.29) is 5.56 Å². The molecule has 20 heavy (non-hydrogen) atoms. The van der Waals surface area contributed by atoms with Crippen LogP contribution in [0.5, 0.6) is 0 Å². The molecule has 0 bridgehead atoms. The molecule has 0 aliphatic heterocycles. The first-order chi connectivity index (χ1) is 9.63. The van der Waals surface area contributed by atoms with Crippen molar-refractivity contribution in [3.05, 3.63) is 65.0 Å². The summed E-state index contributed by atoms with van der Waals surface area (Å²) in [5.41, 5.74) is 1.96. The Morgan fingerprint density at radius 3 is 2.70 bits per heavy atom. The molecule has 0 aromatic heterocycles. The van der Waals surface area contributed by atoms with Crippen LogP contribution in [-0.2, 0) is 11.3 Å². The van der Waals surface area contributed by atoms with Gasteiger partial charge in [0.1, 0.15) is 5.82 Å². The zero-order valence-electron chi connectivity index (χ0n) is 11.4. The summed E-state index contributed by atoms with van der Waals surface area (Å²) in [6.45, 7) is 2.01. The van der Waals surface area contributed by atoms with Gasteiger partial charge in [-0.3, -0.25) is 4.79 Å². The second-order valence-corrected chi connectivity index (χ2v) is 4.48. The molecule has 0 heterocycles. The van der Waals surface area contributed by atoms with Crippen LogP contribution in [0.1, 0.15) is 21.5 Å². The molecule has 0 atom stereocenters. The van der Waals surface area contributed by atoms with Crippen molar-refractivity contribution in [2.45, 2.75) is 13.5 Å². The van der Waals surface area contributed by atoms with Crippen LogP contribution in [0.3, 0.4) is 0 Å².